The molecule has 0 spiro atoms. The molecular formula is C30H43F4N5O3S2. The van der Waals surface area contributed by atoms with Gasteiger partial charge in [-0.2, -0.15) is 22.6 Å². The lowest BCUT2D eigenvalue weighted by Gasteiger charge is -2.29. The number of rotatable bonds is 11. The molecule has 0 bridgehead atoms. The summed E-state index contributed by atoms with van der Waals surface area (Å²) >= 11 is 1.12. The molecule has 2 aromatic rings. The summed E-state index contributed by atoms with van der Waals surface area (Å²) in [6.07, 6.45) is -1.38. The van der Waals surface area contributed by atoms with Crippen molar-refractivity contribution in [2.75, 3.05) is 57.3 Å². The minimum Gasteiger partial charge on any atom is -0.390 e. The van der Waals surface area contributed by atoms with Gasteiger partial charge < -0.3 is 14.9 Å². The number of thioether (sulfide) groups is 1. The van der Waals surface area contributed by atoms with Gasteiger partial charge in [0.05, 0.1) is 29.7 Å². The van der Waals surface area contributed by atoms with Gasteiger partial charge in [-0.1, -0.05) is 12.5 Å². The van der Waals surface area contributed by atoms with Gasteiger partial charge in [-0.3, -0.25) is 4.68 Å². The highest BCUT2D eigenvalue weighted by Gasteiger charge is 2.35. The predicted octanol–water partition coefficient (Wildman–Crippen LogP) is 4.65. The van der Waals surface area contributed by atoms with Crippen molar-refractivity contribution < 1.29 is 31.1 Å². The zero-order valence-corrected chi connectivity index (χ0v) is 26.9. The quantitative estimate of drug-likeness (QED) is 0.278. The van der Waals surface area contributed by atoms with Crippen molar-refractivity contribution >= 4 is 21.8 Å². The Morgan fingerprint density at radius 3 is 2.45 bits per heavy atom. The maximum absolute atomic E-state index is 14.1. The number of piperidine rings is 2. The molecular weight excluding hydrogens is 618 g/mol. The van der Waals surface area contributed by atoms with E-state index < -0.39 is 34.0 Å². The molecule has 14 heteroatoms. The van der Waals surface area contributed by atoms with Crippen LogP contribution >= 0.6 is 11.8 Å². The number of sulfonamides is 1. The van der Waals surface area contributed by atoms with Gasteiger partial charge in [0.1, 0.15) is 6.17 Å². The first-order valence-corrected chi connectivity index (χ1v) is 18.2. The Labute approximate surface area is 261 Å². The van der Waals surface area contributed by atoms with Gasteiger partial charge in [0.25, 0.3) is 0 Å². The Morgan fingerprint density at radius 1 is 1.05 bits per heavy atom. The van der Waals surface area contributed by atoms with Crippen molar-refractivity contribution in [1.29, 1.82) is 0 Å². The third-order valence-electron chi connectivity index (χ3n) is 8.90. The number of hydrogen-bond donors (Lipinski definition) is 1. The fourth-order valence-corrected chi connectivity index (χ4v) is 8.58. The Balaban J connectivity index is 1.43. The van der Waals surface area contributed by atoms with E-state index in [1.807, 2.05) is 0 Å². The first-order chi connectivity index (χ1) is 20.9. The standard InChI is InChI=1S/C30H43F4N5O3S2/c1-2-44(41,42)38-15-10-27-25(21-38)29(35-39(27)20-24(40)19-37-11-4-3-5-12-37)22-6-7-26(30(32,33)34)28(18-22)43-17-16-36-13-8-23(31)9-14-36/h6-7,18,23-24,40H,2-5,8-17,19-21H2,1H3. The van der Waals surface area contributed by atoms with Crippen LogP contribution in [0, 0.1) is 0 Å². The predicted molar refractivity (Wildman–Crippen MR) is 164 cm³/mol. The second-order valence-corrected chi connectivity index (χ2v) is 15.4. The highest BCUT2D eigenvalue weighted by atomic mass is 32.2. The van der Waals surface area contributed by atoms with E-state index in [0.29, 0.717) is 68.0 Å². The van der Waals surface area contributed by atoms with Crippen LogP contribution in [-0.4, -0.2) is 107 Å². The Morgan fingerprint density at radius 2 is 1.77 bits per heavy atom. The van der Waals surface area contributed by atoms with E-state index in [1.165, 1.54) is 22.9 Å². The summed E-state index contributed by atoms with van der Waals surface area (Å²) in [5.74, 6) is 0.367. The zero-order valence-electron chi connectivity index (χ0n) is 25.2. The molecule has 1 aromatic carbocycles. The van der Waals surface area contributed by atoms with Crippen molar-refractivity contribution in [3.63, 3.8) is 0 Å². The van der Waals surface area contributed by atoms with Gasteiger partial charge in [-0.15, -0.1) is 11.8 Å². The number of β-amino-alcohol motifs (C(OH)–C–C–N with tert-alkyl or cyclic N) is 1. The number of aliphatic hydroxyl groups excluding tert-OH is 1. The smallest absolute Gasteiger partial charge is 0.390 e. The molecule has 44 heavy (non-hydrogen) atoms. The molecule has 4 heterocycles. The van der Waals surface area contributed by atoms with Crippen LogP contribution in [0.25, 0.3) is 11.3 Å². The monoisotopic (exact) mass is 661 g/mol. The van der Waals surface area contributed by atoms with Crippen molar-refractivity contribution in [2.45, 2.75) is 81.9 Å². The summed E-state index contributed by atoms with van der Waals surface area (Å²) in [4.78, 5) is 4.40. The first kappa shape index (κ1) is 33.6. The topological polar surface area (TPSA) is 81.9 Å². The fourth-order valence-electron chi connectivity index (χ4n) is 6.40. The second-order valence-electron chi connectivity index (χ2n) is 12.0. The summed E-state index contributed by atoms with van der Waals surface area (Å²) in [6.45, 7) is 6.29. The number of fused-ring (bicyclic) bond motifs is 1. The van der Waals surface area contributed by atoms with Crippen molar-refractivity contribution in [2.24, 2.45) is 0 Å². The third-order valence-corrected chi connectivity index (χ3v) is 11.8. The molecule has 2 fully saturated rings. The van der Waals surface area contributed by atoms with E-state index >= 15 is 0 Å². The van der Waals surface area contributed by atoms with E-state index in [-0.39, 0.29) is 30.3 Å². The summed E-state index contributed by atoms with van der Waals surface area (Å²) in [5.41, 5.74) is 1.68. The number of halogens is 4. The van der Waals surface area contributed by atoms with Crippen LogP contribution in [0.15, 0.2) is 23.1 Å². The lowest BCUT2D eigenvalue weighted by molar-refractivity contribution is -0.139. The van der Waals surface area contributed by atoms with Crippen LogP contribution in [-0.2, 0) is 35.7 Å². The van der Waals surface area contributed by atoms with Gasteiger partial charge in [-0.25, -0.2) is 12.8 Å². The van der Waals surface area contributed by atoms with Crippen molar-refractivity contribution in [1.82, 2.24) is 23.9 Å². The molecule has 2 saturated heterocycles. The molecule has 8 nitrogen and oxygen atoms in total. The van der Waals surface area contributed by atoms with Crippen molar-refractivity contribution in [3.05, 3.63) is 35.0 Å². The molecule has 0 saturated carbocycles. The number of nitrogens with zero attached hydrogens (tertiary/aromatic N) is 5. The molecule has 3 aliphatic rings. The molecule has 3 aliphatic heterocycles. The number of likely N-dealkylation sites (tertiary alicyclic amines) is 2. The fraction of sp³-hybridized carbons (Fsp3) is 0.700. The van der Waals surface area contributed by atoms with Gasteiger partial charge >= 0.3 is 6.18 Å². The largest absolute Gasteiger partial charge is 0.417 e. The Kier molecular flexibility index (Phi) is 11.0. The van der Waals surface area contributed by atoms with Gasteiger partial charge in [0.2, 0.25) is 10.0 Å². The van der Waals surface area contributed by atoms with Crippen LogP contribution in [0.1, 0.15) is 55.8 Å². The van der Waals surface area contributed by atoms with Crippen LogP contribution in [0.2, 0.25) is 0 Å². The molecule has 5 rings (SSSR count). The van der Waals surface area contributed by atoms with Gasteiger partial charge in [-0.05, 0) is 57.8 Å². The van der Waals surface area contributed by atoms with E-state index in [0.717, 1.165) is 49.5 Å². The summed E-state index contributed by atoms with van der Waals surface area (Å²) in [7, 11) is -3.50. The minimum absolute atomic E-state index is 0.0512. The van der Waals surface area contributed by atoms with E-state index in [2.05, 4.69) is 9.80 Å². The van der Waals surface area contributed by atoms with E-state index in [1.54, 1.807) is 11.6 Å². The summed E-state index contributed by atoms with van der Waals surface area (Å²) in [5, 5.41) is 15.8. The maximum Gasteiger partial charge on any atom is 0.417 e. The Hall–Kier alpha value is -1.71. The van der Waals surface area contributed by atoms with E-state index in [9.17, 15) is 31.1 Å². The number of benzene rings is 1. The maximum atomic E-state index is 14.1. The molecule has 1 unspecified atom stereocenters. The molecule has 0 aliphatic carbocycles. The summed E-state index contributed by atoms with van der Waals surface area (Å²) < 4.78 is 84.4. The molecule has 1 N–H and O–H groups in total. The highest BCUT2D eigenvalue weighted by molar-refractivity contribution is 7.99. The lowest BCUT2D eigenvalue weighted by atomic mass is 10.0. The average molecular weight is 662 g/mol. The first-order valence-electron chi connectivity index (χ1n) is 15.6. The lowest BCUT2D eigenvalue weighted by Crippen LogP contribution is -2.39. The number of alkyl halides is 4. The third kappa shape index (κ3) is 8.16. The number of aromatic nitrogens is 2. The van der Waals surface area contributed by atoms with Crippen LogP contribution in [0.3, 0.4) is 0 Å². The minimum atomic E-state index is -4.54. The van der Waals surface area contributed by atoms with Crippen LogP contribution < -0.4 is 0 Å². The van der Waals surface area contributed by atoms with Gasteiger partial charge in [0.15, 0.2) is 0 Å². The average Bonchev–Trinajstić information content (AvgIpc) is 3.35. The van der Waals surface area contributed by atoms with E-state index in [4.69, 9.17) is 5.10 Å². The molecule has 1 aromatic heterocycles. The molecule has 0 amide bonds. The van der Waals surface area contributed by atoms with Crippen molar-refractivity contribution in [3.8, 4) is 11.3 Å². The van der Waals surface area contributed by atoms with Gasteiger partial charge in [0, 0.05) is 73.2 Å². The Bertz CT molecular complexity index is 1370. The summed E-state index contributed by atoms with van der Waals surface area (Å²) in [6, 6.07) is 3.99. The molecule has 246 valence electrons. The normalized spacial score (nSPS) is 20.6. The molecule has 1 atom stereocenters. The van der Waals surface area contributed by atoms with Crippen LogP contribution in [0.4, 0.5) is 17.6 Å². The molecule has 0 radical (unpaired) electrons. The number of aliphatic hydroxyl groups is 1. The van der Waals surface area contributed by atoms with Crippen LogP contribution in [0.5, 0.6) is 0 Å². The number of hydrogen-bond acceptors (Lipinski definition) is 7. The highest BCUT2D eigenvalue weighted by Crippen LogP contribution is 2.40. The SMILES string of the molecule is CCS(=O)(=O)N1CCc2c(c(-c3ccc(C(F)(F)F)c(SCCN4CCC(F)CC4)c3)nn2CC(O)CN2CCCCC2)C1. The zero-order chi connectivity index (χ0) is 31.5. The second kappa shape index (κ2) is 14.4.